The molecule has 0 aliphatic heterocycles. The maximum atomic E-state index is 14.8. The molecule has 1 aliphatic carbocycles. The van der Waals surface area contributed by atoms with Gasteiger partial charge in [0.25, 0.3) is 0 Å². The molecule has 28 heavy (non-hydrogen) atoms. The third-order valence-corrected chi connectivity index (χ3v) is 5.84. The fourth-order valence-electron chi connectivity index (χ4n) is 2.75. The third-order valence-electron chi connectivity index (χ3n) is 4.45. The van der Waals surface area contributed by atoms with Gasteiger partial charge >= 0.3 is 5.97 Å². The van der Waals surface area contributed by atoms with Gasteiger partial charge in [-0.15, -0.1) is 0 Å². The zero-order valence-corrected chi connectivity index (χ0v) is 18.8. The van der Waals surface area contributed by atoms with Gasteiger partial charge < -0.3 is 15.2 Å². The van der Waals surface area contributed by atoms with Crippen LogP contribution in [0.1, 0.15) is 30.4 Å². The van der Waals surface area contributed by atoms with Crippen molar-refractivity contribution in [1.29, 1.82) is 0 Å². The zero-order valence-electron chi connectivity index (χ0n) is 14.9. The number of hydrogen-bond acceptors (Lipinski definition) is 3. The summed E-state index contributed by atoms with van der Waals surface area (Å²) < 4.78 is 21.9. The summed E-state index contributed by atoms with van der Waals surface area (Å²) >= 11 is 13.0. The van der Waals surface area contributed by atoms with Crippen molar-refractivity contribution in [2.24, 2.45) is 5.92 Å². The van der Waals surface area contributed by atoms with Crippen LogP contribution >= 0.6 is 43.5 Å². The molecular weight excluding hydrogens is 516 g/mol. The number of hydrogen-bond donors (Lipinski definition) is 2. The van der Waals surface area contributed by atoms with Gasteiger partial charge in [0.1, 0.15) is 12.4 Å². The number of aryl methyl sites for hydroxylation is 1. The summed E-state index contributed by atoms with van der Waals surface area (Å²) in [5.41, 5.74) is 1.61. The van der Waals surface area contributed by atoms with E-state index >= 15 is 0 Å². The highest BCUT2D eigenvalue weighted by atomic mass is 79.9. The molecule has 0 unspecified atom stereocenters. The predicted octanol–water partition coefficient (Wildman–Crippen LogP) is 6.42. The van der Waals surface area contributed by atoms with E-state index < -0.39 is 5.97 Å². The average molecular weight is 536 g/mol. The number of nitrogens with one attached hydrogen (secondary N) is 1. The quantitative estimate of drug-likeness (QED) is 0.389. The summed E-state index contributed by atoms with van der Waals surface area (Å²) in [5.74, 6) is -0.0824. The Balaban J connectivity index is 1.71. The van der Waals surface area contributed by atoms with Crippen LogP contribution in [0.4, 0.5) is 10.1 Å². The predicted molar refractivity (Wildman–Crippen MR) is 115 cm³/mol. The topological polar surface area (TPSA) is 58.6 Å². The molecule has 0 saturated heterocycles. The summed E-state index contributed by atoms with van der Waals surface area (Å²) in [6.45, 7) is 0.753. The summed E-state index contributed by atoms with van der Waals surface area (Å²) in [4.78, 5) is 10.7. The van der Waals surface area contributed by atoms with Crippen molar-refractivity contribution in [2.75, 3.05) is 11.9 Å². The molecule has 1 aliphatic rings. The number of aliphatic carboxylic acids is 1. The molecule has 0 aromatic heterocycles. The third kappa shape index (κ3) is 5.84. The van der Waals surface area contributed by atoms with Gasteiger partial charge in [0, 0.05) is 23.6 Å². The minimum Gasteiger partial charge on any atom is -0.486 e. The van der Waals surface area contributed by atoms with Gasteiger partial charge in [-0.3, -0.25) is 4.79 Å². The van der Waals surface area contributed by atoms with Crippen LogP contribution in [0.2, 0.25) is 5.02 Å². The summed E-state index contributed by atoms with van der Waals surface area (Å²) in [6, 6.07) is 6.76. The maximum Gasteiger partial charge on any atom is 0.303 e. The van der Waals surface area contributed by atoms with Crippen LogP contribution in [0.3, 0.4) is 0 Å². The van der Waals surface area contributed by atoms with E-state index in [0.29, 0.717) is 43.3 Å². The van der Waals surface area contributed by atoms with Gasteiger partial charge in [0.2, 0.25) is 0 Å². The Hall–Kier alpha value is -1.31. The molecule has 1 saturated carbocycles. The second kappa shape index (κ2) is 9.46. The van der Waals surface area contributed by atoms with Crippen molar-refractivity contribution in [3.63, 3.8) is 0 Å². The van der Waals surface area contributed by atoms with Crippen molar-refractivity contribution in [3.05, 3.63) is 55.2 Å². The second-order valence-electron chi connectivity index (χ2n) is 6.82. The number of halogens is 4. The lowest BCUT2D eigenvalue weighted by Crippen LogP contribution is -2.08. The minimum atomic E-state index is -0.852. The van der Waals surface area contributed by atoms with E-state index in [9.17, 15) is 9.18 Å². The Morgan fingerprint density at radius 2 is 1.93 bits per heavy atom. The van der Waals surface area contributed by atoms with Crippen LogP contribution in [0.5, 0.6) is 5.75 Å². The Morgan fingerprint density at radius 3 is 2.54 bits per heavy atom. The first-order valence-corrected chi connectivity index (χ1v) is 10.8. The van der Waals surface area contributed by atoms with Crippen LogP contribution < -0.4 is 10.1 Å². The Morgan fingerprint density at radius 1 is 1.25 bits per heavy atom. The number of carbonyl (C=O) groups is 1. The Bertz CT molecular complexity index is 867. The van der Waals surface area contributed by atoms with E-state index in [1.54, 1.807) is 24.3 Å². The molecule has 150 valence electrons. The highest BCUT2D eigenvalue weighted by molar-refractivity contribution is 9.11. The highest BCUT2D eigenvalue weighted by Crippen LogP contribution is 2.36. The van der Waals surface area contributed by atoms with Crippen LogP contribution in [-0.2, 0) is 17.8 Å². The molecule has 0 atom stereocenters. The second-order valence-corrected chi connectivity index (χ2v) is 8.97. The molecule has 8 heteroatoms. The molecule has 3 rings (SSSR count). The Labute approximate surface area is 184 Å². The summed E-state index contributed by atoms with van der Waals surface area (Å²) in [6.07, 6.45) is 2.81. The van der Waals surface area contributed by atoms with Crippen LogP contribution in [0, 0.1) is 11.7 Å². The lowest BCUT2D eigenvalue weighted by atomic mass is 10.1. The molecule has 2 aromatic rings. The first kappa shape index (κ1) is 21.4. The van der Waals surface area contributed by atoms with Crippen molar-refractivity contribution < 1.29 is 19.0 Å². The number of carboxylic acids is 1. The number of benzene rings is 2. The molecule has 0 heterocycles. The van der Waals surface area contributed by atoms with Crippen molar-refractivity contribution >= 4 is 55.1 Å². The fraction of sp³-hybridized carbons (Fsp3) is 0.350. The van der Waals surface area contributed by atoms with Crippen molar-refractivity contribution in [1.82, 2.24) is 0 Å². The molecule has 0 bridgehead atoms. The van der Waals surface area contributed by atoms with Gasteiger partial charge in [-0.05, 0) is 86.9 Å². The largest absolute Gasteiger partial charge is 0.486 e. The minimum absolute atomic E-state index is 0.0101. The molecule has 1 fully saturated rings. The van der Waals surface area contributed by atoms with Crippen molar-refractivity contribution in [3.8, 4) is 5.75 Å². The highest BCUT2D eigenvalue weighted by Gasteiger charge is 2.22. The van der Waals surface area contributed by atoms with Gasteiger partial charge in [0.15, 0.2) is 5.82 Å². The monoisotopic (exact) mass is 533 g/mol. The fourth-order valence-corrected chi connectivity index (χ4v) is 4.50. The number of anilines is 1. The smallest absolute Gasteiger partial charge is 0.303 e. The summed E-state index contributed by atoms with van der Waals surface area (Å²) in [5, 5.41) is 12.4. The van der Waals surface area contributed by atoms with E-state index in [1.165, 1.54) is 12.8 Å². The lowest BCUT2D eigenvalue weighted by Gasteiger charge is -2.15. The Kier molecular flexibility index (Phi) is 7.23. The van der Waals surface area contributed by atoms with E-state index in [1.807, 2.05) is 0 Å². The summed E-state index contributed by atoms with van der Waals surface area (Å²) in [7, 11) is 0. The number of rotatable bonds is 9. The van der Waals surface area contributed by atoms with Gasteiger partial charge in [-0.1, -0.05) is 11.6 Å². The number of carboxylic acid groups (broad SMARTS) is 1. The van der Waals surface area contributed by atoms with E-state index in [4.69, 9.17) is 21.4 Å². The van der Waals surface area contributed by atoms with E-state index in [0.717, 1.165) is 12.1 Å². The van der Waals surface area contributed by atoms with Gasteiger partial charge in [0.05, 0.1) is 14.6 Å². The lowest BCUT2D eigenvalue weighted by molar-refractivity contribution is -0.136. The maximum absolute atomic E-state index is 14.8. The zero-order chi connectivity index (χ0) is 20.3. The number of ether oxygens (including phenoxy) is 1. The molecular formula is C20H19Br2ClFNO3. The van der Waals surface area contributed by atoms with Gasteiger partial charge in [-0.25, -0.2) is 4.39 Å². The normalized spacial score (nSPS) is 13.4. The molecule has 2 N–H and O–H groups in total. The molecule has 4 nitrogen and oxygen atoms in total. The average Bonchev–Trinajstić information content (AvgIpc) is 3.44. The van der Waals surface area contributed by atoms with Crippen LogP contribution in [0.25, 0.3) is 0 Å². The van der Waals surface area contributed by atoms with E-state index in [-0.39, 0.29) is 18.8 Å². The van der Waals surface area contributed by atoms with Gasteiger partial charge in [-0.2, -0.15) is 0 Å². The van der Waals surface area contributed by atoms with Crippen molar-refractivity contribution in [2.45, 2.75) is 32.3 Å². The molecule has 0 radical (unpaired) electrons. The first-order chi connectivity index (χ1) is 13.3. The SMILES string of the molecule is O=C(O)CCc1cc(Br)c(OCc2cc(Cl)cc(NCC3CC3)c2F)c(Br)c1. The van der Waals surface area contributed by atoms with E-state index in [2.05, 4.69) is 37.2 Å². The molecule has 0 amide bonds. The molecule has 0 spiro atoms. The molecule has 2 aromatic carbocycles. The van der Waals surface area contributed by atoms with Crippen LogP contribution in [-0.4, -0.2) is 17.6 Å². The standard InChI is InChI=1S/C20H19Br2ClFNO3/c21-15-5-12(3-4-18(26)27)6-16(22)20(15)28-10-13-7-14(23)8-17(19(13)24)25-9-11-1-2-11/h5-8,11,25H,1-4,9-10H2,(H,26,27). The van der Waals surface area contributed by atoms with Crippen LogP contribution in [0.15, 0.2) is 33.2 Å². The first-order valence-electron chi connectivity index (χ1n) is 8.87.